The first-order valence-electron chi connectivity index (χ1n) is 6.95. The molecule has 2 heterocycles. The largest absolute Gasteiger partial charge is 0.376 e. The third-order valence-corrected chi connectivity index (χ3v) is 4.02. The molecule has 1 unspecified atom stereocenters. The van der Waals surface area contributed by atoms with Crippen molar-refractivity contribution in [2.45, 2.75) is 25.3 Å². The number of carbonyl (C=O) groups excluding carboxylic acids is 4. The Morgan fingerprint density at radius 1 is 1.14 bits per heavy atom. The minimum absolute atomic E-state index is 0.00837. The van der Waals surface area contributed by atoms with Gasteiger partial charge in [0.1, 0.15) is 12.8 Å². The highest BCUT2D eigenvalue weighted by atomic mass is 16.3. The summed E-state index contributed by atoms with van der Waals surface area (Å²) >= 11 is 0. The van der Waals surface area contributed by atoms with Gasteiger partial charge in [0, 0.05) is 17.6 Å². The number of rotatable bonds is 2. The molecule has 0 aromatic rings. The summed E-state index contributed by atoms with van der Waals surface area (Å²) in [7, 11) is 0. The average molecular weight is 302 g/mol. The third-order valence-electron chi connectivity index (χ3n) is 4.02. The van der Waals surface area contributed by atoms with Gasteiger partial charge in [0.05, 0.1) is 0 Å². The Hall–Kier alpha value is -2.54. The number of aliphatic hydroxyl groups excluding tert-OH is 1. The molecule has 0 aromatic heterocycles. The Labute approximate surface area is 126 Å². The number of carbonyl (C=O) groups is 4. The number of nitrogens with zero attached hydrogens (tertiary/aromatic N) is 2. The number of hydrogen-bond acceptors (Lipinski definition) is 5. The first kappa shape index (κ1) is 14.4. The van der Waals surface area contributed by atoms with E-state index in [1.165, 1.54) is 0 Å². The Kier molecular flexibility index (Phi) is 3.50. The lowest BCUT2D eigenvalue weighted by molar-refractivity contribution is -0.162. The zero-order valence-corrected chi connectivity index (χ0v) is 11.7. The summed E-state index contributed by atoms with van der Waals surface area (Å²) in [6.45, 7) is -0.750. The number of aliphatic hydroxyl groups is 1. The molecule has 0 bridgehead atoms. The van der Waals surface area contributed by atoms with Crippen LogP contribution in [0.2, 0.25) is 0 Å². The van der Waals surface area contributed by atoms with Gasteiger partial charge in [-0.05, 0) is 18.9 Å². The second kappa shape index (κ2) is 5.34. The third kappa shape index (κ3) is 2.01. The summed E-state index contributed by atoms with van der Waals surface area (Å²) in [5.74, 6) is -2.23. The van der Waals surface area contributed by atoms with Crippen LogP contribution < -0.4 is 0 Å². The molecule has 1 fully saturated rings. The summed E-state index contributed by atoms with van der Waals surface area (Å²) in [6, 6.07) is -1.03. The van der Waals surface area contributed by atoms with E-state index in [9.17, 15) is 19.2 Å². The van der Waals surface area contributed by atoms with E-state index in [1.54, 1.807) is 24.3 Å². The van der Waals surface area contributed by atoms with Gasteiger partial charge in [-0.15, -0.1) is 0 Å². The molecule has 3 rings (SSSR count). The van der Waals surface area contributed by atoms with Crippen molar-refractivity contribution in [3.05, 3.63) is 35.5 Å². The molecular formula is C15H14N2O5. The molecule has 1 N–H and O–H groups in total. The fraction of sp³-hybridized carbons (Fsp3) is 0.333. The molecule has 0 aromatic carbocycles. The van der Waals surface area contributed by atoms with Crippen molar-refractivity contribution in [2.24, 2.45) is 0 Å². The Morgan fingerprint density at radius 2 is 1.91 bits per heavy atom. The van der Waals surface area contributed by atoms with Crippen LogP contribution in [0, 0.1) is 0 Å². The summed E-state index contributed by atoms with van der Waals surface area (Å²) in [4.78, 5) is 50.4. The van der Waals surface area contributed by atoms with Gasteiger partial charge < -0.3 is 5.11 Å². The van der Waals surface area contributed by atoms with E-state index in [-0.39, 0.29) is 18.4 Å². The molecule has 0 radical (unpaired) electrons. The van der Waals surface area contributed by atoms with Crippen LogP contribution in [-0.2, 0) is 19.2 Å². The summed E-state index contributed by atoms with van der Waals surface area (Å²) < 4.78 is 0. The predicted octanol–water partition coefficient (Wildman–Crippen LogP) is -0.365. The van der Waals surface area contributed by atoms with Crippen LogP contribution in [0.25, 0.3) is 0 Å². The van der Waals surface area contributed by atoms with Gasteiger partial charge in [-0.2, -0.15) is 0 Å². The SMILES string of the molecule is O=C1CCC(N2C(=O)C3=C(CC=CC=C3)C2=O)C(=O)N1CO. The molecule has 0 saturated carbocycles. The Bertz CT molecular complexity index is 673. The summed E-state index contributed by atoms with van der Waals surface area (Å²) in [5.41, 5.74) is 0.644. The smallest absolute Gasteiger partial charge is 0.261 e. The number of allylic oxidation sites excluding steroid dienone is 3. The molecule has 1 aliphatic carbocycles. The molecular weight excluding hydrogens is 288 g/mol. The summed E-state index contributed by atoms with van der Waals surface area (Å²) in [5, 5.41) is 9.13. The van der Waals surface area contributed by atoms with Crippen molar-refractivity contribution < 1.29 is 24.3 Å². The van der Waals surface area contributed by atoms with Crippen molar-refractivity contribution in [2.75, 3.05) is 6.73 Å². The first-order valence-corrected chi connectivity index (χ1v) is 6.95. The van der Waals surface area contributed by atoms with E-state index in [0.717, 1.165) is 4.90 Å². The van der Waals surface area contributed by atoms with Gasteiger partial charge >= 0.3 is 0 Å². The quantitative estimate of drug-likeness (QED) is 0.703. The number of imide groups is 2. The topological polar surface area (TPSA) is 95.0 Å². The van der Waals surface area contributed by atoms with Gasteiger partial charge in [-0.1, -0.05) is 18.2 Å². The van der Waals surface area contributed by atoms with E-state index in [0.29, 0.717) is 16.9 Å². The van der Waals surface area contributed by atoms with Gasteiger partial charge in [-0.3, -0.25) is 29.0 Å². The minimum Gasteiger partial charge on any atom is -0.376 e. The molecule has 1 saturated heterocycles. The maximum absolute atomic E-state index is 12.5. The van der Waals surface area contributed by atoms with Crippen molar-refractivity contribution >= 4 is 23.6 Å². The normalized spacial score (nSPS) is 25.2. The Balaban J connectivity index is 1.91. The zero-order valence-electron chi connectivity index (χ0n) is 11.7. The van der Waals surface area contributed by atoms with Crippen LogP contribution in [0.5, 0.6) is 0 Å². The van der Waals surface area contributed by atoms with E-state index in [2.05, 4.69) is 0 Å². The maximum Gasteiger partial charge on any atom is 0.261 e. The maximum atomic E-state index is 12.5. The predicted molar refractivity (Wildman–Crippen MR) is 73.7 cm³/mol. The molecule has 7 nitrogen and oxygen atoms in total. The molecule has 2 aliphatic heterocycles. The lowest BCUT2D eigenvalue weighted by Gasteiger charge is -2.33. The van der Waals surface area contributed by atoms with E-state index >= 15 is 0 Å². The van der Waals surface area contributed by atoms with E-state index in [4.69, 9.17) is 5.11 Å². The van der Waals surface area contributed by atoms with E-state index in [1.807, 2.05) is 0 Å². The second-order valence-electron chi connectivity index (χ2n) is 5.22. The second-order valence-corrected chi connectivity index (χ2v) is 5.22. The first-order chi connectivity index (χ1) is 10.6. The molecule has 114 valence electrons. The van der Waals surface area contributed by atoms with Crippen LogP contribution in [-0.4, -0.2) is 51.3 Å². The average Bonchev–Trinajstić information content (AvgIpc) is 2.69. The highest BCUT2D eigenvalue weighted by Crippen LogP contribution is 2.31. The molecule has 4 amide bonds. The van der Waals surface area contributed by atoms with Gasteiger partial charge in [0.25, 0.3) is 17.7 Å². The standard InChI is InChI=1S/C15H14N2O5/c18-8-16-12(19)7-6-11(15(16)22)17-13(20)9-4-2-1-3-5-10(9)14(17)21/h1-4,11,18H,5-8H2. The molecule has 7 heteroatoms. The van der Waals surface area contributed by atoms with Crippen molar-refractivity contribution in [1.29, 1.82) is 0 Å². The van der Waals surface area contributed by atoms with Crippen LogP contribution in [0.1, 0.15) is 19.3 Å². The van der Waals surface area contributed by atoms with Crippen molar-refractivity contribution in [3.8, 4) is 0 Å². The van der Waals surface area contributed by atoms with Crippen molar-refractivity contribution in [1.82, 2.24) is 9.80 Å². The number of hydrogen-bond donors (Lipinski definition) is 1. The van der Waals surface area contributed by atoms with Gasteiger partial charge in [0.15, 0.2) is 0 Å². The fourth-order valence-corrected chi connectivity index (χ4v) is 2.89. The number of piperidine rings is 1. The number of amides is 4. The van der Waals surface area contributed by atoms with Gasteiger partial charge in [-0.25, -0.2) is 0 Å². The van der Waals surface area contributed by atoms with Crippen LogP contribution in [0.4, 0.5) is 0 Å². The van der Waals surface area contributed by atoms with Crippen LogP contribution >= 0.6 is 0 Å². The fourth-order valence-electron chi connectivity index (χ4n) is 2.89. The lowest BCUT2D eigenvalue weighted by Crippen LogP contribution is -2.56. The van der Waals surface area contributed by atoms with Crippen LogP contribution in [0.3, 0.4) is 0 Å². The van der Waals surface area contributed by atoms with Gasteiger partial charge in [0.2, 0.25) is 5.91 Å². The Morgan fingerprint density at radius 3 is 2.64 bits per heavy atom. The number of likely N-dealkylation sites (tertiary alicyclic amines) is 1. The summed E-state index contributed by atoms with van der Waals surface area (Å²) in [6.07, 6.45) is 7.17. The van der Waals surface area contributed by atoms with Crippen molar-refractivity contribution in [3.63, 3.8) is 0 Å². The molecule has 3 aliphatic rings. The highest BCUT2D eigenvalue weighted by Gasteiger charge is 2.47. The lowest BCUT2D eigenvalue weighted by atomic mass is 10.0. The molecule has 0 spiro atoms. The monoisotopic (exact) mass is 302 g/mol. The van der Waals surface area contributed by atoms with Crippen LogP contribution in [0.15, 0.2) is 35.5 Å². The zero-order chi connectivity index (χ0) is 15.9. The van der Waals surface area contributed by atoms with E-state index < -0.39 is 36.4 Å². The minimum atomic E-state index is -1.03. The highest BCUT2D eigenvalue weighted by molar-refractivity contribution is 6.23. The molecule has 1 atom stereocenters. The molecule has 22 heavy (non-hydrogen) atoms.